The molecule has 3 N–H and O–H groups in total. The van der Waals surface area contributed by atoms with Crippen molar-refractivity contribution in [3.05, 3.63) is 42.0 Å². The van der Waals surface area contributed by atoms with E-state index in [0.29, 0.717) is 31.3 Å². The molecule has 1 aromatic heterocycles. The Morgan fingerprint density at radius 3 is 2.64 bits per heavy atom. The summed E-state index contributed by atoms with van der Waals surface area (Å²) in [6, 6.07) is 6.31. The summed E-state index contributed by atoms with van der Waals surface area (Å²) < 4.78 is 18.2. The lowest BCUT2D eigenvalue weighted by Gasteiger charge is -2.29. The Hall–Kier alpha value is -2.41. The number of nitrogens with zero attached hydrogens (tertiary/aromatic N) is 3. The molecule has 0 bridgehead atoms. The molecule has 0 radical (unpaired) electrons. The third kappa shape index (κ3) is 3.25. The second kappa shape index (κ2) is 6.57. The number of anilines is 3. The zero-order valence-electron chi connectivity index (χ0n) is 12.1. The number of morpholine rings is 1. The summed E-state index contributed by atoms with van der Waals surface area (Å²) in [7, 11) is 0. The molecule has 6 nitrogen and oxygen atoms in total. The minimum atomic E-state index is -0.250. The van der Waals surface area contributed by atoms with Crippen LogP contribution in [0.25, 0.3) is 0 Å². The summed E-state index contributed by atoms with van der Waals surface area (Å²) in [4.78, 5) is 10.5. The van der Waals surface area contributed by atoms with Crippen molar-refractivity contribution in [2.24, 2.45) is 0 Å². The largest absolute Gasteiger partial charge is 0.393 e. The molecule has 22 heavy (non-hydrogen) atoms. The summed E-state index contributed by atoms with van der Waals surface area (Å²) in [6.45, 7) is 3.38. The number of benzene rings is 1. The summed E-state index contributed by atoms with van der Waals surface area (Å²) in [5, 5.41) is 3.17. The molecule has 0 spiro atoms. The molecule has 1 aliphatic rings. The molecule has 2 aromatic rings. The van der Waals surface area contributed by atoms with Gasteiger partial charge in [0.25, 0.3) is 0 Å². The van der Waals surface area contributed by atoms with Crippen LogP contribution >= 0.6 is 0 Å². The minimum Gasteiger partial charge on any atom is -0.393 e. The van der Waals surface area contributed by atoms with E-state index in [0.717, 1.165) is 24.5 Å². The van der Waals surface area contributed by atoms with Crippen LogP contribution in [-0.4, -0.2) is 36.3 Å². The van der Waals surface area contributed by atoms with E-state index < -0.39 is 0 Å². The smallest absolute Gasteiger partial charge is 0.157 e. The Labute approximate surface area is 128 Å². The number of ether oxygens (including phenoxy) is 1. The number of rotatable bonds is 4. The molecular weight excluding hydrogens is 285 g/mol. The molecular formula is C15H18FN5O. The van der Waals surface area contributed by atoms with E-state index in [-0.39, 0.29) is 5.82 Å². The molecule has 0 saturated carbocycles. The topological polar surface area (TPSA) is 76.3 Å². The first-order valence-electron chi connectivity index (χ1n) is 7.15. The quantitative estimate of drug-likeness (QED) is 0.894. The van der Waals surface area contributed by atoms with Gasteiger partial charge in [0, 0.05) is 19.6 Å². The van der Waals surface area contributed by atoms with Crippen molar-refractivity contribution >= 4 is 17.3 Å². The van der Waals surface area contributed by atoms with E-state index in [9.17, 15) is 4.39 Å². The lowest BCUT2D eigenvalue weighted by molar-refractivity contribution is 0.122. The number of aromatic nitrogens is 2. The second-order valence-electron chi connectivity index (χ2n) is 5.04. The van der Waals surface area contributed by atoms with Gasteiger partial charge >= 0.3 is 0 Å². The van der Waals surface area contributed by atoms with Gasteiger partial charge in [-0.05, 0) is 17.7 Å². The number of nitrogen functional groups attached to an aromatic ring is 1. The molecule has 3 rings (SSSR count). The maximum Gasteiger partial charge on any atom is 0.157 e. The van der Waals surface area contributed by atoms with Crippen molar-refractivity contribution in [1.29, 1.82) is 0 Å². The molecule has 1 fully saturated rings. The third-order valence-electron chi connectivity index (χ3n) is 3.55. The average Bonchev–Trinajstić information content (AvgIpc) is 2.56. The molecule has 116 valence electrons. The highest BCUT2D eigenvalue weighted by Crippen LogP contribution is 2.26. The normalized spacial score (nSPS) is 14.9. The fourth-order valence-corrected chi connectivity index (χ4v) is 2.34. The van der Waals surface area contributed by atoms with Gasteiger partial charge in [-0.1, -0.05) is 12.1 Å². The molecule has 2 heterocycles. The Kier molecular flexibility index (Phi) is 4.34. The fourth-order valence-electron chi connectivity index (χ4n) is 2.34. The predicted octanol–water partition coefficient (Wildman–Crippen LogP) is 1.65. The average molecular weight is 303 g/mol. The number of hydrogen-bond acceptors (Lipinski definition) is 6. The van der Waals surface area contributed by atoms with Crippen LogP contribution in [0.2, 0.25) is 0 Å². The molecule has 1 saturated heterocycles. The first kappa shape index (κ1) is 14.5. The van der Waals surface area contributed by atoms with Crippen molar-refractivity contribution in [1.82, 2.24) is 9.97 Å². The highest BCUT2D eigenvalue weighted by atomic mass is 19.1. The van der Waals surface area contributed by atoms with Gasteiger partial charge in [-0.15, -0.1) is 0 Å². The van der Waals surface area contributed by atoms with E-state index in [1.165, 1.54) is 18.5 Å². The van der Waals surface area contributed by atoms with Gasteiger partial charge in [-0.3, -0.25) is 0 Å². The zero-order chi connectivity index (χ0) is 15.4. The molecule has 1 aromatic carbocycles. The standard InChI is InChI=1S/C15H18FN5O/c16-12-3-1-11(2-4-12)9-18-14-13(17)15(20-10-19-14)21-5-7-22-8-6-21/h1-4,10H,5-9,17H2,(H,18,19,20). The minimum absolute atomic E-state index is 0.250. The van der Waals surface area contributed by atoms with Gasteiger partial charge in [0.2, 0.25) is 0 Å². The maximum absolute atomic E-state index is 12.9. The first-order chi connectivity index (χ1) is 10.7. The second-order valence-corrected chi connectivity index (χ2v) is 5.04. The van der Waals surface area contributed by atoms with Crippen molar-refractivity contribution in [3.8, 4) is 0 Å². The van der Waals surface area contributed by atoms with Crippen molar-refractivity contribution in [2.75, 3.05) is 42.3 Å². The van der Waals surface area contributed by atoms with Crippen molar-refractivity contribution < 1.29 is 9.13 Å². The number of hydrogen-bond donors (Lipinski definition) is 2. The number of nitrogens with one attached hydrogen (secondary N) is 1. The van der Waals surface area contributed by atoms with Gasteiger partial charge in [-0.25, -0.2) is 14.4 Å². The third-order valence-corrected chi connectivity index (χ3v) is 3.55. The Morgan fingerprint density at radius 1 is 1.18 bits per heavy atom. The summed E-state index contributed by atoms with van der Waals surface area (Å²) >= 11 is 0. The Morgan fingerprint density at radius 2 is 1.91 bits per heavy atom. The lowest BCUT2D eigenvalue weighted by Crippen LogP contribution is -2.37. The van der Waals surface area contributed by atoms with Crippen LogP contribution < -0.4 is 16.0 Å². The molecule has 7 heteroatoms. The van der Waals surface area contributed by atoms with Gasteiger partial charge in [0.15, 0.2) is 11.6 Å². The number of halogens is 1. The molecule has 0 atom stereocenters. The highest BCUT2D eigenvalue weighted by Gasteiger charge is 2.17. The molecule has 0 unspecified atom stereocenters. The fraction of sp³-hybridized carbons (Fsp3) is 0.333. The molecule has 0 aliphatic carbocycles. The predicted molar refractivity (Wildman–Crippen MR) is 83.2 cm³/mol. The summed E-state index contributed by atoms with van der Waals surface area (Å²) in [5.74, 6) is 1.06. The van der Waals surface area contributed by atoms with E-state index in [1.54, 1.807) is 12.1 Å². The van der Waals surface area contributed by atoms with Crippen molar-refractivity contribution in [3.63, 3.8) is 0 Å². The van der Waals surface area contributed by atoms with Crippen LogP contribution in [-0.2, 0) is 11.3 Å². The maximum atomic E-state index is 12.9. The van der Waals surface area contributed by atoms with Crippen LogP contribution in [0.4, 0.5) is 21.7 Å². The summed E-state index contributed by atoms with van der Waals surface area (Å²) in [5.41, 5.74) is 7.64. The molecule has 0 amide bonds. The van der Waals surface area contributed by atoms with Crippen LogP contribution in [0.15, 0.2) is 30.6 Å². The van der Waals surface area contributed by atoms with E-state index in [1.807, 2.05) is 0 Å². The first-order valence-corrected chi connectivity index (χ1v) is 7.15. The zero-order valence-corrected chi connectivity index (χ0v) is 12.1. The number of nitrogens with two attached hydrogens (primary N) is 1. The van der Waals surface area contributed by atoms with Crippen molar-refractivity contribution in [2.45, 2.75) is 6.54 Å². The van der Waals surface area contributed by atoms with Crippen LogP contribution in [0.5, 0.6) is 0 Å². The van der Waals surface area contributed by atoms with Gasteiger partial charge in [-0.2, -0.15) is 0 Å². The van der Waals surface area contributed by atoms with Crippen LogP contribution in [0.1, 0.15) is 5.56 Å². The Balaban J connectivity index is 1.72. The monoisotopic (exact) mass is 303 g/mol. The summed E-state index contributed by atoms with van der Waals surface area (Å²) in [6.07, 6.45) is 1.49. The van der Waals surface area contributed by atoms with Crippen LogP contribution in [0.3, 0.4) is 0 Å². The lowest BCUT2D eigenvalue weighted by atomic mass is 10.2. The molecule has 1 aliphatic heterocycles. The van der Waals surface area contributed by atoms with Gasteiger partial charge in [0.1, 0.15) is 17.8 Å². The van der Waals surface area contributed by atoms with E-state index in [4.69, 9.17) is 10.5 Å². The highest BCUT2D eigenvalue weighted by molar-refractivity contribution is 5.74. The van der Waals surface area contributed by atoms with Gasteiger partial charge in [0.05, 0.1) is 13.2 Å². The van der Waals surface area contributed by atoms with Gasteiger partial charge < -0.3 is 20.7 Å². The SMILES string of the molecule is Nc1c(NCc2ccc(F)cc2)ncnc1N1CCOCC1. The van der Waals surface area contributed by atoms with E-state index in [2.05, 4.69) is 20.2 Å². The van der Waals surface area contributed by atoms with E-state index >= 15 is 0 Å². The Bertz CT molecular complexity index is 628. The van der Waals surface area contributed by atoms with Crippen LogP contribution in [0, 0.1) is 5.82 Å².